The van der Waals surface area contributed by atoms with E-state index in [1.807, 2.05) is 23.1 Å². The zero-order valence-electron chi connectivity index (χ0n) is 17.1. The van der Waals surface area contributed by atoms with Crippen LogP contribution in [0.2, 0.25) is 0 Å². The van der Waals surface area contributed by atoms with Crippen molar-refractivity contribution in [3.05, 3.63) is 30.0 Å². The van der Waals surface area contributed by atoms with Crippen LogP contribution >= 0.6 is 0 Å². The molecule has 1 aromatic carbocycles. The molecule has 7 heteroatoms. The number of anilines is 1. The van der Waals surface area contributed by atoms with E-state index in [1.54, 1.807) is 0 Å². The van der Waals surface area contributed by atoms with Crippen molar-refractivity contribution >= 4 is 22.5 Å². The number of benzene rings is 1. The summed E-state index contributed by atoms with van der Waals surface area (Å²) in [5.41, 5.74) is 0.477. The molecule has 3 heterocycles. The number of rotatable bonds is 3. The van der Waals surface area contributed by atoms with Crippen molar-refractivity contribution in [1.29, 1.82) is 0 Å². The highest BCUT2D eigenvalue weighted by atomic mass is 16.2. The van der Waals surface area contributed by atoms with E-state index in [4.69, 9.17) is 0 Å². The average molecular weight is 383 g/mol. The summed E-state index contributed by atoms with van der Waals surface area (Å²) in [6.07, 6.45) is 0. The second-order valence-corrected chi connectivity index (χ2v) is 8.13. The lowest BCUT2D eigenvalue weighted by Gasteiger charge is -2.37. The summed E-state index contributed by atoms with van der Waals surface area (Å²) in [6, 6.07) is 8.62. The first-order valence-electron chi connectivity index (χ1n) is 10.3. The predicted octanol–water partition coefficient (Wildman–Crippen LogP) is 1.55. The number of hydrogen-bond donors (Lipinski definition) is 0. The number of carbonyl (C=O) groups excluding carboxylic acids is 1. The highest BCUT2D eigenvalue weighted by Gasteiger charge is 2.26. The molecule has 1 aromatic heterocycles. The maximum atomic E-state index is 13.1. The van der Waals surface area contributed by atoms with Crippen LogP contribution in [0.15, 0.2) is 24.3 Å². The summed E-state index contributed by atoms with van der Waals surface area (Å²) in [5.74, 6) is 0.891. The standard InChI is InChI=1S/C21H30N6O/c1-16(2)25-12-14-26(15-13-25)20-18-7-5-4-6-17(18)19(22-23-20)21(28)27-10-8-24(3)9-11-27/h4-7,16H,8-15H2,1-3H3. The van der Waals surface area contributed by atoms with Crippen molar-refractivity contribution in [2.45, 2.75) is 19.9 Å². The summed E-state index contributed by atoms with van der Waals surface area (Å²) < 4.78 is 0. The molecule has 0 unspecified atom stereocenters. The molecule has 0 N–H and O–H groups in total. The fourth-order valence-electron chi connectivity index (χ4n) is 4.09. The summed E-state index contributed by atoms with van der Waals surface area (Å²) >= 11 is 0. The minimum Gasteiger partial charge on any atom is -0.352 e. The number of nitrogens with zero attached hydrogens (tertiary/aromatic N) is 6. The van der Waals surface area contributed by atoms with Gasteiger partial charge in [-0.3, -0.25) is 9.69 Å². The van der Waals surface area contributed by atoms with Gasteiger partial charge in [-0.05, 0) is 20.9 Å². The Morgan fingerprint density at radius 2 is 1.54 bits per heavy atom. The van der Waals surface area contributed by atoms with Gasteiger partial charge in [0.1, 0.15) is 0 Å². The van der Waals surface area contributed by atoms with Crippen LogP contribution in [0, 0.1) is 0 Å². The molecule has 0 radical (unpaired) electrons. The van der Waals surface area contributed by atoms with Crippen LogP contribution in [-0.2, 0) is 0 Å². The fraction of sp³-hybridized carbons (Fsp3) is 0.571. The molecule has 2 fully saturated rings. The Kier molecular flexibility index (Phi) is 5.46. The Morgan fingerprint density at radius 1 is 0.893 bits per heavy atom. The van der Waals surface area contributed by atoms with Gasteiger partial charge in [0.25, 0.3) is 5.91 Å². The Labute approximate surface area is 166 Å². The Bertz CT molecular complexity index is 838. The molecule has 28 heavy (non-hydrogen) atoms. The summed E-state index contributed by atoms with van der Waals surface area (Å²) in [4.78, 5) is 22.0. The molecule has 2 aromatic rings. The van der Waals surface area contributed by atoms with Crippen LogP contribution in [0.4, 0.5) is 5.82 Å². The van der Waals surface area contributed by atoms with E-state index in [2.05, 4.69) is 51.9 Å². The normalized spacial score (nSPS) is 19.6. The molecule has 1 amide bonds. The largest absolute Gasteiger partial charge is 0.352 e. The monoisotopic (exact) mass is 382 g/mol. The smallest absolute Gasteiger partial charge is 0.275 e. The average Bonchev–Trinajstić information content (AvgIpc) is 2.73. The second-order valence-electron chi connectivity index (χ2n) is 8.13. The van der Waals surface area contributed by atoms with Crippen molar-refractivity contribution in [2.24, 2.45) is 0 Å². The lowest BCUT2D eigenvalue weighted by atomic mass is 10.1. The molecule has 2 aliphatic heterocycles. The van der Waals surface area contributed by atoms with E-state index in [9.17, 15) is 4.79 Å². The first-order valence-corrected chi connectivity index (χ1v) is 10.3. The van der Waals surface area contributed by atoms with E-state index >= 15 is 0 Å². The van der Waals surface area contributed by atoms with Crippen LogP contribution < -0.4 is 4.90 Å². The highest BCUT2D eigenvalue weighted by Crippen LogP contribution is 2.27. The van der Waals surface area contributed by atoms with Gasteiger partial charge >= 0.3 is 0 Å². The minimum atomic E-state index is -0.00650. The number of hydrogen-bond acceptors (Lipinski definition) is 6. The number of amides is 1. The molecule has 0 atom stereocenters. The summed E-state index contributed by atoms with van der Waals surface area (Å²) in [5, 5.41) is 10.9. The van der Waals surface area contributed by atoms with E-state index < -0.39 is 0 Å². The molecular formula is C21H30N6O. The predicted molar refractivity (Wildman–Crippen MR) is 112 cm³/mol. The third kappa shape index (κ3) is 3.69. The van der Waals surface area contributed by atoms with Gasteiger partial charge in [0.2, 0.25) is 0 Å². The molecular weight excluding hydrogens is 352 g/mol. The van der Waals surface area contributed by atoms with Crippen LogP contribution in [0.1, 0.15) is 24.3 Å². The van der Waals surface area contributed by atoms with Gasteiger partial charge in [-0.2, -0.15) is 0 Å². The van der Waals surface area contributed by atoms with E-state index in [0.29, 0.717) is 11.7 Å². The molecule has 0 saturated carbocycles. The van der Waals surface area contributed by atoms with Gasteiger partial charge in [0, 0.05) is 69.2 Å². The number of aromatic nitrogens is 2. The lowest BCUT2D eigenvalue weighted by Crippen LogP contribution is -2.49. The van der Waals surface area contributed by atoms with Gasteiger partial charge < -0.3 is 14.7 Å². The van der Waals surface area contributed by atoms with Gasteiger partial charge in [-0.25, -0.2) is 0 Å². The molecule has 0 bridgehead atoms. The molecule has 0 aliphatic carbocycles. The second kappa shape index (κ2) is 8.01. The number of piperazine rings is 2. The van der Waals surface area contributed by atoms with Gasteiger partial charge in [-0.1, -0.05) is 24.3 Å². The molecule has 0 spiro atoms. The van der Waals surface area contributed by atoms with E-state index in [-0.39, 0.29) is 5.91 Å². The van der Waals surface area contributed by atoms with Crippen LogP contribution in [-0.4, -0.2) is 96.3 Å². The minimum absolute atomic E-state index is 0.00650. The third-order valence-electron chi connectivity index (χ3n) is 6.00. The number of carbonyl (C=O) groups is 1. The van der Waals surface area contributed by atoms with Gasteiger partial charge in [0.15, 0.2) is 11.5 Å². The summed E-state index contributed by atoms with van der Waals surface area (Å²) in [6.45, 7) is 11.7. The van der Waals surface area contributed by atoms with Crippen molar-refractivity contribution in [3.8, 4) is 0 Å². The van der Waals surface area contributed by atoms with Crippen molar-refractivity contribution in [2.75, 3.05) is 64.3 Å². The Balaban J connectivity index is 1.61. The SMILES string of the molecule is CC(C)N1CCN(c2nnc(C(=O)N3CCN(C)CC3)c3ccccc23)CC1. The molecule has 2 saturated heterocycles. The van der Waals surface area contributed by atoms with Crippen LogP contribution in [0.3, 0.4) is 0 Å². The van der Waals surface area contributed by atoms with E-state index in [1.165, 1.54) is 0 Å². The fourth-order valence-corrected chi connectivity index (χ4v) is 4.09. The molecule has 2 aliphatic rings. The Morgan fingerprint density at radius 3 is 2.18 bits per heavy atom. The van der Waals surface area contributed by atoms with Gasteiger partial charge in [-0.15, -0.1) is 10.2 Å². The third-order valence-corrected chi connectivity index (χ3v) is 6.00. The lowest BCUT2D eigenvalue weighted by molar-refractivity contribution is 0.0659. The van der Waals surface area contributed by atoms with Gasteiger partial charge in [0.05, 0.1) is 0 Å². The first kappa shape index (κ1) is 19.1. The molecule has 7 nitrogen and oxygen atoms in total. The first-order chi connectivity index (χ1) is 13.5. The van der Waals surface area contributed by atoms with Crippen LogP contribution in [0.25, 0.3) is 10.8 Å². The maximum absolute atomic E-state index is 13.1. The van der Waals surface area contributed by atoms with Crippen LogP contribution in [0.5, 0.6) is 0 Å². The Hall–Kier alpha value is -2.25. The zero-order valence-corrected chi connectivity index (χ0v) is 17.1. The highest BCUT2D eigenvalue weighted by molar-refractivity contribution is 6.07. The van der Waals surface area contributed by atoms with Crippen molar-refractivity contribution < 1.29 is 4.79 Å². The quantitative estimate of drug-likeness (QED) is 0.803. The zero-order chi connectivity index (χ0) is 19.7. The number of fused-ring (bicyclic) bond motifs is 1. The maximum Gasteiger partial charge on any atom is 0.275 e. The van der Waals surface area contributed by atoms with Crippen molar-refractivity contribution in [3.63, 3.8) is 0 Å². The topological polar surface area (TPSA) is 55.8 Å². The number of likely N-dealkylation sites (N-methyl/N-ethyl adjacent to an activating group) is 1. The summed E-state index contributed by atoms with van der Waals surface area (Å²) in [7, 11) is 2.09. The molecule has 150 valence electrons. The van der Waals surface area contributed by atoms with E-state index in [0.717, 1.165) is 68.9 Å². The molecule has 4 rings (SSSR count). The van der Waals surface area contributed by atoms with Crippen molar-refractivity contribution in [1.82, 2.24) is 24.9 Å².